The predicted octanol–water partition coefficient (Wildman–Crippen LogP) is 4.58. The minimum atomic E-state index is -0.426. The molecule has 0 aliphatic rings. The molecule has 4 rings (SSSR count). The number of hydrogen-bond acceptors (Lipinski definition) is 6. The molecule has 0 amide bonds. The minimum Gasteiger partial charge on any atom is -0.340 e. The summed E-state index contributed by atoms with van der Waals surface area (Å²) in [5.74, 6) is 0.532. The van der Waals surface area contributed by atoms with Gasteiger partial charge in [-0.05, 0) is 48.7 Å². The van der Waals surface area contributed by atoms with Crippen LogP contribution in [0.5, 0.6) is 0 Å². The third-order valence-corrected chi connectivity index (χ3v) is 4.43. The second-order valence-corrected chi connectivity index (χ2v) is 6.49. The molecule has 7 nitrogen and oxygen atoms in total. The van der Waals surface area contributed by atoms with Gasteiger partial charge in [0, 0.05) is 35.1 Å². The van der Waals surface area contributed by atoms with Gasteiger partial charge in [0.1, 0.15) is 12.1 Å². The fraction of sp³-hybridized carbons (Fsp3) is 0.0952. The second kappa shape index (κ2) is 7.40. The van der Waals surface area contributed by atoms with Crippen LogP contribution >= 0.6 is 0 Å². The van der Waals surface area contributed by atoms with E-state index in [1.54, 1.807) is 6.07 Å². The number of nitrogens with one attached hydrogen (secondary N) is 1. The van der Waals surface area contributed by atoms with E-state index in [0.29, 0.717) is 16.7 Å². The van der Waals surface area contributed by atoms with E-state index in [0.717, 1.165) is 23.4 Å². The standard InChI is InChI=1S/C21H17N5O2/c1-14-2-3-16(12-22-14)10-15-4-6-17(7-5-15)25-21-19-11-18(26(27)28)8-9-20(19)23-13-24-21/h2-9,11-13H,10H2,1H3,(H,23,24,25). The molecule has 0 saturated heterocycles. The maximum atomic E-state index is 11.1. The number of nitro benzene ring substituents is 1. The molecule has 0 bridgehead atoms. The van der Waals surface area contributed by atoms with Crippen molar-refractivity contribution in [2.45, 2.75) is 13.3 Å². The summed E-state index contributed by atoms with van der Waals surface area (Å²) in [5, 5.41) is 14.9. The lowest BCUT2D eigenvalue weighted by atomic mass is 10.1. The van der Waals surface area contributed by atoms with Gasteiger partial charge in [0.2, 0.25) is 0 Å². The third kappa shape index (κ3) is 3.78. The number of rotatable bonds is 5. The summed E-state index contributed by atoms with van der Waals surface area (Å²) in [6.45, 7) is 1.97. The largest absolute Gasteiger partial charge is 0.340 e. The van der Waals surface area contributed by atoms with Gasteiger partial charge in [0.15, 0.2) is 0 Å². The zero-order valence-corrected chi connectivity index (χ0v) is 15.2. The van der Waals surface area contributed by atoms with E-state index >= 15 is 0 Å². The first-order valence-electron chi connectivity index (χ1n) is 8.75. The van der Waals surface area contributed by atoms with Crippen molar-refractivity contribution in [2.24, 2.45) is 0 Å². The number of nitrogens with zero attached hydrogens (tertiary/aromatic N) is 4. The van der Waals surface area contributed by atoms with Gasteiger partial charge in [-0.2, -0.15) is 0 Å². The summed E-state index contributed by atoms with van der Waals surface area (Å²) in [7, 11) is 0. The maximum Gasteiger partial charge on any atom is 0.270 e. The summed E-state index contributed by atoms with van der Waals surface area (Å²) in [5.41, 5.74) is 4.82. The van der Waals surface area contributed by atoms with Crippen LogP contribution in [0.4, 0.5) is 17.2 Å². The van der Waals surface area contributed by atoms with Gasteiger partial charge in [-0.1, -0.05) is 18.2 Å². The van der Waals surface area contributed by atoms with Crippen molar-refractivity contribution in [3.05, 3.63) is 94.1 Å². The lowest BCUT2D eigenvalue weighted by Crippen LogP contribution is -1.97. The number of non-ortho nitro benzene ring substituents is 1. The topological polar surface area (TPSA) is 93.8 Å². The first kappa shape index (κ1) is 17.5. The highest BCUT2D eigenvalue weighted by atomic mass is 16.6. The Morgan fingerprint density at radius 1 is 0.964 bits per heavy atom. The van der Waals surface area contributed by atoms with Crippen LogP contribution in [-0.2, 0) is 6.42 Å². The van der Waals surface area contributed by atoms with Crippen molar-refractivity contribution < 1.29 is 4.92 Å². The zero-order valence-electron chi connectivity index (χ0n) is 15.2. The Kier molecular flexibility index (Phi) is 4.63. The van der Waals surface area contributed by atoms with Crippen LogP contribution in [0.2, 0.25) is 0 Å². The van der Waals surface area contributed by atoms with Crippen molar-refractivity contribution in [3.8, 4) is 0 Å². The molecule has 0 radical (unpaired) electrons. The molecular weight excluding hydrogens is 354 g/mol. The van der Waals surface area contributed by atoms with Crippen LogP contribution in [0.25, 0.3) is 10.9 Å². The molecule has 7 heteroatoms. The Labute approximate surface area is 161 Å². The number of pyridine rings is 1. The molecule has 138 valence electrons. The highest BCUT2D eigenvalue weighted by Gasteiger charge is 2.11. The molecule has 2 aromatic heterocycles. The Morgan fingerprint density at radius 2 is 1.75 bits per heavy atom. The summed E-state index contributed by atoms with van der Waals surface area (Å²) in [6.07, 6.45) is 4.13. The van der Waals surface area contributed by atoms with Gasteiger partial charge >= 0.3 is 0 Å². The molecule has 0 aliphatic heterocycles. The van der Waals surface area contributed by atoms with Gasteiger partial charge < -0.3 is 5.32 Å². The number of fused-ring (bicyclic) bond motifs is 1. The molecule has 2 aromatic carbocycles. The van der Waals surface area contributed by atoms with Gasteiger partial charge in [-0.15, -0.1) is 0 Å². The van der Waals surface area contributed by atoms with E-state index in [1.165, 1.54) is 24.0 Å². The SMILES string of the molecule is Cc1ccc(Cc2ccc(Nc3ncnc4ccc([N+](=O)[O-])cc34)cc2)cn1. The van der Waals surface area contributed by atoms with Crippen LogP contribution in [0.1, 0.15) is 16.8 Å². The van der Waals surface area contributed by atoms with Crippen molar-refractivity contribution in [2.75, 3.05) is 5.32 Å². The van der Waals surface area contributed by atoms with Crippen LogP contribution in [0, 0.1) is 17.0 Å². The lowest BCUT2D eigenvalue weighted by molar-refractivity contribution is -0.384. The molecule has 0 aliphatic carbocycles. The normalized spacial score (nSPS) is 10.8. The van der Waals surface area contributed by atoms with Crippen LogP contribution in [0.15, 0.2) is 67.1 Å². The first-order chi connectivity index (χ1) is 13.6. The summed E-state index contributed by atoms with van der Waals surface area (Å²) < 4.78 is 0. The molecule has 0 unspecified atom stereocenters. The number of anilines is 2. The maximum absolute atomic E-state index is 11.1. The van der Waals surface area contributed by atoms with Crippen molar-refractivity contribution in [3.63, 3.8) is 0 Å². The number of benzene rings is 2. The van der Waals surface area contributed by atoms with Crippen molar-refractivity contribution in [1.82, 2.24) is 15.0 Å². The first-order valence-corrected chi connectivity index (χ1v) is 8.75. The number of aryl methyl sites for hydroxylation is 1. The quantitative estimate of drug-likeness (QED) is 0.408. The van der Waals surface area contributed by atoms with Gasteiger partial charge in [-0.25, -0.2) is 9.97 Å². The number of hydrogen-bond donors (Lipinski definition) is 1. The van der Waals surface area contributed by atoms with Gasteiger partial charge in [0.25, 0.3) is 5.69 Å². The van der Waals surface area contributed by atoms with Gasteiger partial charge in [-0.3, -0.25) is 15.1 Å². The molecule has 4 aromatic rings. The average Bonchev–Trinajstić information content (AvgIpc) is 2.71. The van der Waals surface area contributed by atoms with E-state index in [2.05, 4.69) is 26.3 Å². The van der Waals surface area contributed by atoms with Gasteiger partial charge in [0.05, 0.1) is 10.4 Å². The van der Waals surface area contributed by atoms with Crippen LogP contribution in [0.3, 0.4) is 0 Å². The van der Waals surface area contributed by atoms with E-state index in [-0.39, 0.29) is 5.69 Å². The van der Waals surface area contributed by atoms with Crippen molar-refractivity contribution in [1.29, 1.82) is 0 Å². The van der Waals surface area contributed by atoms with E-state index in [1.807, 2.05) is 43.5 Å². The number of aromatic nitrogens is 3. The second-order valence-electron chi connectivity index (χ2n) is 6.49. The van der Waals surface area contributed by atoms with Crippen LogP contribution in [-0.4, -0.2) is 19.9 Å². The fourth-order valence-corrected chi connectivity index (χ4v) is 2.94. The monoisotopic (exact) mass is 371 g/mol. The Balaban J connectivity index is 1.56. The average molecular weight is 371 g/mol. The van der Waals surface area contributed by atoms with Crippen LogP contribution < -0.4 is 5.32 Å². The van der Waals surface area contributed by atoms with E-state index in [9.17, 15) is 10.1 Å². The lowest BCUT2D eigenvalue weighted by Gasteiger charge is -2.09. The molecule has 1 N–H and O–H groups in total. The number of nitro groups is 1. The summed E-state index contributed by atoms with van der Waals surface area (Å²) in [4.78, 5) is 23.4. The highest BCUT2D eigenvalue weighted by molar-refractivity contribution is 5.92. The molecule has 28 heavy (non-hydrogen) atoms. The predicted molar refractivity (Wildman–Crippen MR) is 108 cm³/mol. The smallest absolute Gasteiger partial charge is 0.270 e. The Bertz CT molecular complexity index is 1140. The zero-order chi connectivity index (χ0) is 19.5. The highest BCUT2D eigenvalue weighted by Crippen LogP contribution is 2.26. The molecular formula is C21H17N5O2. The van der Waals surface area contributed by atoms with Crippen molar-refractivity contribution >= 4 is 28.1 Å². The van der Waals surface area contributed by atoms with E-state index in [4.69, 9.17) is 0 Å². The molecule has 2 heterocycles. The van der Waals surface area contributed by atoms with E-state index < -0.39 is 4.92 Å². The third-order valence-electron chi connectivity index (χ3n) is 4.43. The molecule has 0 saturated carbocycles. The Hall–Kier alpha value is -3.87. The molecule has 0 atom stereocenters. The minimum absolute atomic E-state index is 0.00686. The Morgan fingerprint density at radius 3 is 2.46 bits per heavy atom. The molecule has 0 fully saturated rings. The summed E-state index contributed by atoms with van der Waals surface area (Å²) >= 11 is 0. The summed E-state index contributed by atoms with van der Waals surface area (Å²) in [6, 6.07) is 16.6. The molecule has 0 spiro atoms. The fourth-order valence-electron chi connectivity index (χ4n) is 2.94.